The Morgan fingerprint density at radius 3 is 3.11 bits per heavy atom. The maximum Gasteiger partial charge on any atom is 0.254 e. The normalized spacial score (nSPS) is 10.8. The molecule has 7 heteroatoms. The fourth-order valence-corrected chi connectivity index (χ4v) is 2.41. The molecule has 0 fully saturated rings. The van der Waals surface area contributed by atoms with E-state index in [9.17, 15) is 4.79 Å². The van der Waals surface area contributed by atoms with Gasteiger partial charge >= 0.3 is 0 Å². The molecule has 0 bridgehead atoms. The highest BCUT2D eigenvalue weighted by atomic mass is 32.1. The summed E-state index contributed by atoms with van der Waals surface area (Å²) in [5.41, 5.74) is 0.907. The number of anilines is 1. The van der Waals surface area contributed by atoms with Gasteiger partial charge in [-0.15, -0.1) is 16.4 Å². The molecule has 6 nitrogen and oxygen atoms in total. The number of nitrogens with one attached hydrogen (secondary N) is 1. The number of carbonyl (C=O) groups is 1. The van der Waals surface area contributed by atoms with E-state index in [1.54, 1.807) is 29.0 Å². The summed E-state index contributed by atoms with van der Waals surface area (Å²) >= 11 is 1.61. The second-order valence-corrected chi connectivity index (χ2v) is 4.80. The molecule has 0 aliphatic heterocycles. The van der Waals surface area contributed by atoms with E-state index in [2.05, 4.69) is 20.4 Å². The van der Waals surface area contributed by atoms with Crippen LogP contribution in [0.15, 0.2) is 29.8 Å². The van der Waals surface area contributed by atoms with Crippen molar-refractivity contribution >= 4 is 29.0 Å². The van der Waals surface area contributed by atoms with E-state index in [0.717, 1.165) is 10.6 Å². The smallest absolute Gasteiger partial charge is 0.254 e. The molecule has 0 saturated heterocycles. The molecule has 0 unspecified atom stereocenters. The van der Waals surface area contributed by atoms with Gasteiger partial charge in [-0.1, -0.05) is 13.0 Å². The van der Waals surface area contributed by atoms with E-state index in [4.69, 9.17) is 0 Å². The molecule has 3 aromatic rings. The zero-order valence-corrected chi connectivity index (χ0v) is 11.0. The van der Waals surface area contributed by atoms with Crippen LogP contribution in [0.2, 0.25) is 0 Å². The maximum atomic E-state index is 11.4. The van der Waals surface area contributed by atoms with Crippen LogP contribution in [-0.4, -0.2) is 25.5 Å². The lowest BCUT2D eigenvalue weighted by Gasteiger charge is -1.99. The van der Waals surface area contributed by atoms with Crippen molar-refractivity contribution in [1.29, 1.82) is 0 Å². The molecule has 96 valence electrons. The second-order valence-electron chi connectivity index (χ2n) is 3.86. The van der Waals surface area contributed by atoms with Crippen LogP contribution in [0.5, 0.6) is 0 Å². The Balaban J connectivity index is 2.08. The quantitative estimate of drug-likeness (QED) is 0.794. The number of carbonyl (C=O) groups excluding carboxylic acids is 1. The number of hydrogen-bond donors (Lipinski definition) is 1. The van der Waals surface area contributed by atoms with Crippen molar-refractivity contribution in [2.45, 2.75) is 13.3 Å². The summed E-state index contributed by atoms with van der Waals surface area (Å²) in [6.45, 7) is 1.78. The molecule has 0 aliphatic rings. The summed E-state index contributed by atoms with van der Waals surface area (Å²) in [6, 6.07) is 5.85. The third-order valence-electron chi connectivity index (χ3n) is 2.59. The Labute approximate surface area is 113 Å². The highest BCUT2D eigenvalue weighted by Gasteiger charge is 2.11. The molecular weight excluding hydrogens is 262 g/mol. The molecule has 0 aromatic carbocycles. The van der Waals surface area contributed by atoms with Gasteiger partial charge in [0.15, 0.2) is 0 Å². The first-order valence-electron chi connectivity index (χ1n) is 5.83. The molecular formula is C12H11N5OS. The number of aromatic nitrogens is 4. The fraction of sp³-hybridized carbons (Fsp3) is 0.167. The minimum absolute atomic E-state index is 0.117. The van der Waals surface area contributed by atoms with Crippen molar-refractivity contribution in [1.82, 2.24) is 19.6 Å². The summed E-state index contributed by atoms with van der Waals surface area (Å²) in [4.78, 5) is 20.8. The van der Waals surface area contributed by atoms with Gasteiger partial charge in [0.2, 0.25) is 5.91 Å². The van der Waals surface area contributed by atoms with Crippen molar-refractivity contribution in [3.63, 3.8) is 0 Å². The Hall–Kier alpha value is -2.28. The zero-order chi connectivity index (χ0) is 13.2. The van der Waals surface area contributed by atoms with Gasteiger partial charge in [-0.05, 0) is 17.5 Å². The number of nitrogens with zero attached hydrogens (tertiary/aromatic N) is 4. The summed E-state index contributed by atoms with van der Waals surface area (Å²) in [5.74, 6) is 0.634. The summed E-state index contributed by atoms with van der Waals surface area (Å²) in [7, 11) is 0. The average molecular weight is 273 g/mol. The molecule has 3 rings (SSSR count). The van der Waals surface area contributed by atoms with Crippen LogP contribution in [0.1, 0.15) is 13.3 Å². The van der Waals surface area contributed by atoms with Gasteiger partial charge in [0.25, 0.3) is 11.7 Å². The summed E-state index contributed by atoms with van der Waals surface area (Å²) < 4.78 is 1.64. The number of amides is 1. The minimum atomic E-state index is -0.117. The maximum absolute atomic E-state index is 11.4. The van der Waals surface area contributed by atoms with Gasteiger partial charge in [-0.3, -0.25) is 10.1 Å². The standard InChI is InChI=1S/C12H11N5OS/c1-2-10(18)14-11-15-12-13-6-5-8(17(12)16-11)9-4-3-7-19-9/h3-7H,2H2,1H3,(H,14,16,18). The molecule has 3 heterocycles. The van der Waals surface area contributed by atoms with E-state index >= 15 is 0 Å². The number of rotatable bonds is 3. The molecule has 1 N–H and O–H groups in total. The fourth-order valence-electron chi connectivity index (χ4n) is 1.67. The molecule has 0 atom stereocenters. The highest BCUT2D eigenvalue weighted by Crippen LogP contribution is 2.24. The Bertz CT molecular complexity index is 719. The predicted molar refractivity (Wildman–Crippen MR) is 73.0 cm³/mol. The van der Waals surface area contributed by atoms with Crippen LogP contribution >= 0.6 is 11.3 Å². The molecule has 0 aliphatic carbocycles. The van der Waals surface area contributed by atoms with Crippen LogP contribution in [0.25, 0.3) is 16.3 Å². The van der Waals surface area contributed by atoms with Crippen molar-refractivity contribution in [2.75, 3.05) is 5.32 Å². The first-order valence-corrected chi connectivity index (χ1v) is 6.71. The molecule has 0 saturated carbocycles. The Morgan fingerprint density at radius 1 is 1.47 bits per heavy atom. The lowest BCUT2D eigenvalue weighted by molar-refractivity contribution is -0.115. The van der Waals surface area contributed by atoms with Gasteiger partial charge in [0, 0.05) is 12.6 Å². The van der Waals surface area contributed by atoms with E-state index < -0.39 is 0 Å². The molecule has 3 aromatic heterocycles. The van der Waals surface area contributed by atoms with E-state index in [0.29, 0.717) is 12.2 Å². The number of hydrogen-bond acceptors (Lipinski definition) is 5. The third-order valence-corrected chi connectivity index (χ3v) is 3.48. The third kappa shape index (κ3) is 2.19. The monoisotopic (exact) mass is 273 g/mol. The first kappa shape index (κ1) is 11.8. The van der Waals surface area contributed by atoms with Crippen LogP contribution < -0.4 is 5.32 Å². The van der Waals surface area contributed by atoms with Crippen LogP contribution in [0.3, 0.4) is 0 Å². The Kier molecular flexibility index (Phi) is 2.96. The summed E-state index contributed by atoms with van der Waals surface area (Å²) in [6.07, 6.45) is 2.07. The number of fused-ring (bicyclic) bond motifs is 1. The van der Waals surface area contributed by atoms with Gasteiger partial charge < -0.3 is 0 Å². The topological polar surface area (TPSA) is 72.2 Å². The van der Waals surface area contributed by atoms with Gasteiger partial charge in [-0.2, -0.15) is 9.50 Å². The van der Waals surface area contributed by atoms with Crippen molar-refractivity contribution in [3.8, 4) is 10.6 Å². The Morgan fingerprint density at radius 2 is 2.37 bits per heavy atom. The molecule has 0 radical (unpaired) electrons. The minimum Gasteiger partial charge on any atom is -0.293 e. The van der Waals surface area contributed by atoms with Gasteiger partial charge in [0.05, 0.1) is 10.6 Å². The SMILES string of the molecule is CCC(=O)Nc1nc2nccc(-c3cccs3)n2n1. The molecule has 0 spiro atoms. The van der Waals surface area contributed by atoms with Crippen LogP contribution in [0, 0.1) is 0 Å². The van der Waals surface area contributed by atoms with E-state index in [-0.39, 0.29) is 11.9 Å². The van der Waals surface area contributed by atoms with Gasteiger partial charge in [-0.25, -0.2) is 4.98 Å². The molecule has 19 heavy (non-hydrogen) atoms. The summed E-state index contributed by atoms with van der Waals surface area (Å²) in [5, 5.41) is 8.91. The van der Waals surface area contributed by atoms with Gasteiger partial charge in [0.1, 0.15) is 0 Å². The van der Waals surface area contributed by atoms with Crippen molar-refractivity contribution < 1.29 is 4.79 Å². The van der Waals surface area contributed by atoms with Crippen LogP contribution in [0.4, 0.5) is 5.95 Å². The van der Waals surface area contributed by atoms with Crippen molar-refractivity contribution in [2.24, 2.45) is 0 Å². The second kappa shape index (κ2) is 4.77. The average Bonchev–Trinajstić information content (AvgIpc) is 3.06. The first-order chi connectivity index (χ1) is 9.28. The zero-order valence-electron chi connectivity index (χ0n) is 10.2. The van der Waals surface area contributed by atoms with Crippen LogP contribution in [-0.2, 0) is 4.79 Å². The van der Waals surface area contributed by atoms with E-state index in [1.807, 2.05) is 23.6 Å². The van der Waals surface area contributed by atoms with Crippen molar-refractivity contribution in [3.05, 3.63) is 29.8 Å². The molecule has 1 amide bonds. The predicted octanol–water partition coefficient (Wildman–Crippen LogP) is 2.20. The largest absolute Gasteiger partial charge is 0.293 e. The highest BCUT2D eigenvalue weighted by molar-refractivity contribution is 7.13. The van der Waals surface area contributed by atoms with E-state index in [1.165, 1.54) is 0 Å². The number of thiophene rings is 1. The lowest BCUT2D eigenvalue weighted by Crippen LogP contribution is -2.10. The lowest BCUT2D eigenvalue weighted by atomic mass is 10.3.